The van der Waals surface area contributed by atoms with Crippen LogP contribution in [0.2, 0.25) is 0 Å². The van der Waals surface area contributed by atoms with E-state index >= 15 is 0 Å². The molecule has 5 rings (SSSR count). The van der Waals surface area contributed by atoms with E-state index in [4.69, 9.17) is 13.9 Å². The highest BCUT2D eigenvalue weighted by atomic mass is 16.5. The fraction of sp³-hybridized carbons (Fsp3) is 0.240. The van der Waals surface area contributed by atoms with Crippen molar-refractivity contribution in [2.24, 2.45) is 0 Å². The van der Waals surface area contributed by atoms with E-state index in [9.17, 15) is 14.4 Å². The van der Waals surface area contributed by atoms with E-state index in [0.717, 1.165) is 0 Å². The molecule has 3 heterocycles. The summed E-state index contributed by atoms with van der Waals surface area (Å²) in [4.78, 5) is 42.8. The van der Waals surface area contributed by atoms with Gasteiger partial charge in [0.2, 0.25) is 5.91 Å². The molecule has 9 heteroatoms. The van der Waals surface area contributed by atoms with Crippen LogP contribution >= 0.6 is 0 Å². The summed E-state index contributed by atoms with van der Waals surface area (Å²) in [7, 11) is 2.98. The van der Waals surface area contributed by atoms with E-state index < -0.39 is 6.17 Å². The number of hydrogen-bond donors (Lipinski definition) is 1. The molecule has 0 radical (unpaired) electrons. The van der Waals surface area contributed by atoms with Crippen molar-refractivity contribution in [1.29, 1.82) is 0 Å². The number of para-hydroxylation sites is 1. The van der Waals surface area contributed by atoms with Gasteiger partial charge >= 0.3 is 0 Å². The lowest BCUT2D eigenvalue weighted by atomic mass is 10.0. The second kappa shape index (κ2) is 8.58. The quantitative estimate of drug-likeness (QED) is 0.580. The van der Waals surface area contributed by atoms with E-state index in [2.05, 4.69) is 5.32 Å². The van der Waals surface area contributed by atoms with E-state index in [0.29, 0.717) is 39.6 Å². The Labute approximate surface area is 195 Å². The molecule has 0 fully saturated rings. The van der Waals surface area contributed by atoms with Crippen molar-refractivity contribution >= 4 is 23.4 Å². The van der Waals surface area contributed by atoms with Crippen molar-refractivity contribution in [1.82, 2.24) is 10.2 Å². The van der Waals surface area contributed by atoms with Crippen molar-refractivity contribution in [3.8, 4) is 11.5 Å². The van der Waals surface area contributed by atoms with Gasteiger partial charge in [-0.05, 0) is 30.3 Å². The molecule has 1 N–H and O–H groups in total. The number of methoxy groups -OCH3 is 2. The average molecular weight is 461 g/mol. The summed E-state index contributed by atoms with van der Waals surface area (Å²) in [5.41, 5.74) is 1.91. The summed E-state index contributed by atoms with van der Waals surface area (Å²) in [6.45, 7) is 0.385. The number of ether oxygens (including phenoxy) is 2. The molecule has 2 aliphatic rings. The highest BCUT2D eigenvalue weighted by molar-refractivity contribution is 6.18. The van der Waals surface area contributed by atoms with Crippen molar-refractivity contribution in [3.05, 3.63) is 77.2 Å². The minimum atomic E-state index is -0.692. The second-order valence-corrected chi connectivity index (χ2v) is 7.94. The zero-order chi connectivity index (χ0) is 23.8. The molecular formula is C25H23N3O6. The van der Waals surface area contributed by atoms with Crippen molar-refractivity contribution in [2.45, 2.75) is 19.1 Å². The first-order valence-electron chi connectivity index (χ1n) is 10.8. The van der Waals surface area contributed by atoms with Crippen molar-refractivity contribution in [2.75, 3.05) is 25.7 Å². The number of carbonyl (C=O) groups is 3. The summed E-state index contributed by atoms with van der Waals surface area (Å²) >= 11 is 0. The summed E-state index contributed by atoms with van der Waals surface area (Å²) in [6, 6.07) is 14.0. The number of amides is 3. The highest BCUT2D eigenvalue weighted by Crippen LogP contribution is 2.49. The number of benzene rings is 2. The molecule has 1 unspecified atom stereocenters. The van der Waals surface area contributed by atoms with Crippen LogP contribution in [0, 0.1) is 0 Å². The monoisotopic (exact) mass is 461 g/mol. The Bertz CT molecular complexity index is 1270. The number of fused-ring (bicyclic) bond motifs is 5. The number of furan rings is 1. The molecule has 2 aliphatic heterocycles. The van der Waals surface area contributed by atoms with E-state index in [1.165, 1.54) is 20.5 Å². The Balaban J connectivity index is 1.49. The second-order valence-electron chi connectivity index (χ2n) is 7.94. The minimum absolute atomic E-state index is 0.0652. The summed E-state index contributed by atoms with van der Waals surface area (Å²) in [5.74, 6) is 0.623. The SMILES string of the molecule is COc1ccc2c(c1OC)C(=O)N1c3ccccc3C(=O)N(CCC(=O)NCc3ccco3)C21. The van der Waals surface area contributed by atoms with Gasteiger partial charge in [-0.3, -0.25) is 19.3 Å². The van der Waals surface area contributed by atoms with Gasteiger partial charge in [0.25, 0.3) is 11.8 Å². The molecular weight excluding hydrogens is 438 g/mol. The molecule has 9 nitrogen and oxygen atoms in total. The Morgan fingerprint density at radius 3 is 2.59 bits per heavy atom. The molecule has 2 aromatic carbocycles. The van der Waals surface area contributed by atoms with Crippen LogP contribution < -0.4 is 19.7 Å². The number of rotatable bonds is 7. The number of anilines is 1. The highest BCUT2D eigenvalue weighted by Gasteiger charge is 2.49. The molecule has 34 heavy (non-hydrogen) atoms. The zero-order valence-corrected chi connectivity index (χ0v) is 18.7. The molecule has 174 valence electrons. The molecule has 1 aromatic heterocycles. The lowest BCUT2D eigenvalue weighted by Crippen LogP contribution is -2.49. The number of nitrogens with one attached hydrogen (secondary N) is 1. The van der Waals surface area contributed by atoms with Crippen LogP contribution in [0.15, 0.2) is 59.2 Å². The number of nitrogens with zero attached hydrogens (tertiary/aromatic N) is 2. The van der Waals surface area contributed by atoms with Gasteiger partial charge in [-0.25, -0.2) is 0 Å². The summed E-state index contributed by atoms with van der Waals surface area (Å²) < 4.78 is 16.1. The minimum Gasteiger partial charge on any atom is -0.493 e. The van der Waals surface area contributed by atoms with Crippen LogP contribution in [0.1, 0.15) is 44.6 Å². The number of carbonyl (C=O) groups excluding carboxylic acids is 3. The van der Waals surface area contributed by atoms with Gasteiger partial charge in [-0.1, -0.05) is 18.2 Å². The van der Waals surface area contributed by atoms with Crippen LogP contribution in [0.5, 0.6) is 11.5 Å². The Hall–Kier alpha value is -4.27. The van der Waals surface area contributed by atoms with Crippen LogP contribution in [-0.4, -0.2) is 43.4 Å². The van der Waals surface area contributed by atoms with Crippen LogP contribution in [-0.2, 0) is 11.3 Å². The normalized spacial score (nSPS) is 16.1. The standard InChI is InChI=1S/C25H23N3O6/c1-32-19-10-9-17-21(22(19)33-2)25(31)28-18-8-4-3-7-16(18)24(30)27(23(17)28)12-11-20(29)26-14-15-6-5-13-34-15/h3-10,13,23H,11-12,14H2,1-2H3,(H,26,29). The predicted molar refractivity (Wildman–Crippen MR) is 122 cm³/mol. The fourth-order valence-corrected chi connectivity index (χ4v) is 4.56. The molecule has 1 atom stereocenters. The Morgan fingerprint density at radius 1 is 1.03 bits per heavy atom. The predicted octanol–water partition coefficient (Wildman–Crippen LogP) is 3.12. The molecule has 0 saturated carbocycles. The Kier molecular flexibility index (Phi) is 5.45. The van der Waals surface area contributed by atoms with Crippen LogP contribution in [0.3, 0.4) is 0 Å². The summed E-state index contributed by atoms with van der Waals surface area (Å²) in [5, 5.41) is 2.79. The first-order valence-corrected chi connectivity index (χ1v) is 10.8. The molecule has 0 bridgehead atoms. The van der Waals surface area contributed by atoms with Gasteiger partial charge in [-0.2, -0.15) is 0 Å². The first kappa shape index (κ1) is 21.6. The third-order valence-corrected chi connectivity index (χ3v) is 6.10. The largest absolute Gasteiger partial charge is 0.493 e. The van der Waals surface area contributed by atoms with Gasteiger partial charge in [-0.15, -0.1) is 0 Å². The summed E-state index contributed by atoms with van der Waals surface area (Å²) in [6.07, 6.45) is 0.913. The third kappa shape index (κ3) is 3.37. The van der Waals surface area contributed by atoms with Gasteiger partial charge in [0.05, 0.1) is 43.8 Å². The Morgan fingerprint density at radius 2 is 1.85 bits per heavy atom. The fourth-order valence-electron chi connectivity index (χ4n) is 4.56. The van der Waals surface area contributed by atoms with Gasteiger partial charge < -0.3 is 24.1 Å². The maximum Gasteiger partial charge on any atom is 0.264 e. The smallest absolute Gasteiger partial charge is 0.264 e. The van der Waals surface area contributed by atoms with Gasteiger partial charge in [0.1, 0.15) is 11.9 Å². The first-order chi connectivity index (χ1) is 16.5. The maximum atomic E-state index is 13.6. The maximum absolute atomic E-state index is 13.6. The zero-order valence-electron chi connectivity index (χ0n) is 18.7. The van der Waals surface area contributed by atoms with Crippen LogP contribution in [0.4, 0.5) is 5.69 Å². The lowest BCUT2D eigenvalue weighted by molar-refractivity contribution is -0.121. The molecule has 0 aliphatic carbocycles. The van der Waals surface area contributed by atoms with E-state index in [1.54, 1.807) is 58.3 Å². The molecule has 3 aromatic rings. The van der Waals surface area contributed by atoms with Crippen LogP contribution in [0.25, 0.3) is 0 Å². The molecule has 0 spiro atoms. The van der Waals surface area contributed by atoms with Gasteiger partial charge in [0, 0.05) is 18.5 Å². The van der Waals surface area contributed by atoms with Crippen molar-refractivity contribution in [3.63, 3.8) is 0 Å². The van der Waals surface area contributed by atoms with Gasteiger partial charge in [0.15, 0.2) is 11.5 Å². The van der Waals surface area contributed by atoms with E-state index in [-0.39, 0.29) is 37.2 Å². The number of hydrogen-bond acceptors (Lipinski definition) is 6. The lowest BCUT2D eigenvalue weighted by Gasteiger charge is -2.40. The third-order valence-electron chi connectivity index (χ3n) is 6.10. The topological polar surface area (TPSA) is 101 Å². The van der Waals surface area contributed by atoms with E-state index in [1.807, 2.05) is 0 Å². The average Bonchev–Trinajstić information content (AvgIpc) is 3.48. The molecule has 0 saturated heterocycles. The molecule has 3 amide bonds. The van der Waals surface area contributed by atoms with Crippen molar-refractivity contribution < 1.29 is 28.3 Å².